The van der Waals surface area contributed by atoms with Crippen LogP contribution >= 0.6 is 0 Å². The monoisotopic (exact) mass is 707 g/mol. The minimum Gasteiger partial charge on any atom is -0.390 e. The van der Waals surface area contributed by atoms with E-state index in [1.165, 1.54) is 0 Å². The fourth-order valence-electron chi connectivity index (χ4n) is 4.04. The molecule has 46 heavy (non-hydrogen) atoms. The van der Waals surface area contributed by atoms with Crippen molar-refractivity contribution in [2.24, 2.45) is 0 Å². The molecule has 0 amide bonds. The number of hydrogen-bond acceptors (Lipinski definition) is 17. The first-order chi connectivity index (χ1) is 21.5. The van der Waals surface area contributed by atoms with Crippen molar-refractivity contribution in [1.82, 2.24) is 26.2 Å². The van der Waals surface area contributed by atoms with E-state index in [-0.39, 0.29) is 70.0 Å². The molecule has 3 atom stereocenters. The molecule has 0 saturated carbocycles. The zero-order valence-electron chi connectivity index (χ0n) is 28.1. The Labute approximate surface area is 276 Å². The van der Waals surface area contributed by atoms with Gasteiger partial charge in [-0.1, -0.05) is 0 Å². The number of rotatable bonds is 32. The molecule has 13 N–H and O–H groups in total. The summed E-state index contributed by atoms with van der Waals surface area (Å²) >= 11 is 0. The van der Waals surface area contributed by atoms with Crippen LogP contribution in [0, 0.1) is 0 Å². The van der Waals surface area contributed by atoms with Crippen molar-refractivity contribution >= 4 is 17.6 Å². The van der Waals surface area contributed by atoms with Crippen LogP contribution in [-0.2, 0) is 14.2 Å². The van der Waals surface area contributed by atoms with Crippen LogP contribution in [0.25, 0.3) is 0 Å². The largest absolute Gasteiger partial charge is 0.492 e. The first-order valence-electron chi connectivity index (χ1n) is 16.2. The van der Waals surface area contributed by atoms with Crippen LogP contribution in [0.1, 0.15) is 33.6 Å². The molecule has 0 spiro atoms. The second-order valence-corrected chi connectivity index (χ2v) is 16.6. The molecular weight excluding hydrogens is 642 g/mol. The fourth-order valence-corrected chi connectivity index (χ4v) is 5.27. The van der Waals surface area contributed by atoms with E-state index in [0.29, 0.717) is 26.2 Å². The summed E-state index contributed by atoms with van der Waals surface area (Å²) in [7, 11) is -8.21. The quantitative estimate of drug-likeness (QED) is 0.0231. The highest BCUT2D eigenvalue weighted by atomic mass is 28.4. The Morgan fingerprint density at radius 3 is 1.41 bits per heavy atom. The molecule has 0 aromatic carbocycles. The molecule has 0 rings (SSSR count). The Hall–Kier alpha value is -0.246. The van der Waals surface area contributed by atoms with Crippen LogP contribution in [0.4, 0.5) is 0 Å². The third-order valence-corrected chi connectivity index (χ3v) is 8.34. The van der Waals surface area contributed by atoms with Gasteiger partial charge in [0.15, 0.2) is 0 Å². The Bertz CT molecular complexity index is 673. The summed E-state index contributed by atoms with van der Waals surface area (Å²) in [4.78, 5) is 56.2. The lowest BCUT2D eigenvalue weighted by molar-refractivity contribution is -0.0477. The molecule has 0 aromatic heterocycles. The SMILES string of the molecule is CC(C)(C)OCC(O)CNCCNCCNCCNCCN(CC(O)COCCC[Si](O)(O)O)CC(O)COCCC[Si](O)(O)O. The maximum atomic E-state index is 10.4. The summed E-state index contributed by atoms with van der Waals surface area (Å²) in [5, 5.41) is 44.0. The van der Waals surface area contributed by atoms with Gasteiger partial charge >= 0.3 is 17.6 Å². The smallest absolute Gasteiger partial charge is 0.390 e. The summed E-state index contributed by atoms with van der Waals surface area (Å²) < 4.78 is 16.3. The highest BCUT2D eigenvalue weighted by Crippen LogP contribution is 2.07. The zero-order valence-corrected chi connectivity index (χ0v) is 30.1. The molecule has 19 heteroatoms. The van der Waals surface area contributed by atoms with Crippen LogP contribution < -0.4 is 21.3 Å². The number of aliphatic hydroxyl groups excluding tert-OH is 3. The van der Waals surface area contributed by atoms with Gasteiger partial charge in [-0.15, -0.1) is 0 Å². The summed E-state index contributed by atoms with van der Waals surface area (Å²) in [5.41, 5.74) is -0.267. The lowest BCUT2D eigenvalue weighted by atomic mass is 10.2. The van der Waals surface area contributed by atoms with Crippen LogP contribution in [0.5, 0.6) is 0 Å². The Morgan fingerprint density at radius 2 is 1.00 bits per heavy atom. The van der Waals surface area contributed by atoms with E-state index in [2.05, 4.69) is 21.3 Å². The number of nitrogens with one attached hydrogen (secondary N) is 4. The summed E-state index contributed by atoms with van der Waals surface area (Å²) in [6.45, 7) is 13.1. The topological polar surface area (TPSA) is 261 Å². The van der Waals surface area contributed by atoms with Crippen LogP contribution in [0.15, 0.2) is 0 Å². The van der Waals surface area contributed by atoms with E-state index in [4.69, 9.17) is 43.0 Å². The Kier molecular flexibility index (Phi) is 26.5. The van der Waals surface area contributed by atoms with Gasteiger partial charge in [0, 0.05) is 97.3 Å². The average Bonchev–Trinajstić information content (AvgIpc) is 2.92. The normalized spacial score (nSPS) is 15.1. The number of ether oxygens (including phenoxy) is 3. The average molecular weight is 708 g/mol. The Balaban J connectivity index is 4.17. The molecule has 0 aromatic rings. The minimum atomic E-state index is -4.11. The summed E-state index contributed by atoms with van der Waals surface area (Å²) in [6, 6.07) is -0.289. The molecule has 0 aliphatic carbocycles. The predicted molar refractivity (Wildman–Crippen MR) is 177 cm³/mol. The maximum Gasteiger partial charge on any atom is 0.492 e. The van der Waals surface area contributed by atoms with Crippen LogP contribution in [-0.4, -0.2) is 196 Å². The third kappa shape index (κ3) is 35.1. The maximum absolute atomic E-state index is 10.4. The molecule has 3 unspecified atom stereocenters. The molecule has 17 nitrogen and oxygen atoms in total. The fraction of sp³-hybridized carbons (Fsp3) is 1.00. The van der Waals surface area contributed by atoms with Gasteiger partial charge in [-0.25, -0.2) is 0 Å². The van der Waals surface area contributed by atoms with Crippen LogP contribution in [0.3, 0.4) is 0 Å². The lowest BCUT2D eigenvalue weighted by Crippen LogP contribution is -2.44. The highest BCUT2D eigenvalue weighted by Gasteiger charge is 2.26. The number of aliphatic hydroxyl groups is 3. The van der Waals surface area contributed by atoms with Crippen molar-refractivity contribution < 1.29 is 58.3 Å². The van der Waals surface area contributed by atoms with Crippen LogP contribution in [0.2, 0.25) is 12.1 Å². The van der Waals surface area contributed by atoms with Crippen molar-refractivity contribution in [3.05, 3.63) is 0 Å². The standard InChI is InChI=1S/C27H65N5O12Si2/c1-27(2,3)44-23-24(33)18-31-11-10-29-7-6-28-8-9-30-12-13-32(19-25(34)21-42-14-4-16-45(36,37)38)20-26(35)22-43-15-5-17-46(39,40)41/h24-26,28-31,33-41H,4-23H2,1-3H3. The van der Waals surface area contributed by atoms with Gasteiger partial charge in [0.2, 0.25) is 0 Å². The Morgan fingerprint density at radius 1 is 0.587 bits per heavy atom. The van der Waals surface area contributed by atoms with Gasteiger partial charge in [-0.3, -0.25) is 4.90 Å². The molecular formula is C27H65N5O12Si2. The van der Waals surface area contributed by atoms with Crippen molar-refractivity contribution in [3.8, 4) is 0 Å². The molecule has 0 aliphatic rings. The van der Waals surface area contributed by atoms with Gasteiger partial charge in [0.1, 0.15) is 0 Å². The van der Waals surface area contributed by atoms with E-state index >= 15 is 0 Å². The summed E-state index contributed by atoms with van der Waals surface area (Å²) in [5.74, 6) is 0. The second-order valence-electron chi connectivity index (χ2n) is 12.5. The van der Waals surface area contributed by atoms with Crippen molar-refractivity contribution in [2.45, 2.75) is 69.6 Å². The van der Waals surface area contributed by atoms with E-state index < -0.39 is 35.9 Å². The van der Waals surface area contributed by atoms with E-state index in [9.17, 15) is 15.3 Å². The highest BCUT2D eigenvalue weighted by molar-refractivity contribution is 6.56. The number of hydrogen-bond donors (Lipinski definition) is 13. The second kappa shape index (κ2) is 26.6. The molecule has 0 bridgehead atoms. The van der Waals surface area contributed by atoms with Gasteiger partial charge in [-0.2, -0.15) is 0 Å². The molecule has 0 aliphatic heterocycles. The minimum absolute atomic E-state index is 0.00482. The summed E-state index contributed by atoms with van der Waals surface area (Å²) in [6.07, 6.45) is -1.76. The first kappa shape index (κ1) is 45.8. The first-order valence-corrected chi connectivity index (χ1v) is 20.3. The van der Waals surface area contributed by atoms with Gasteiger partial charge in [-0.05, 0) is 33.6 Å². The van der Waals surface area contributed by atoms with Gasteiger partial charge in [0.25, 0.3) is 0 Å². The van der Waals surface area contributed by atoms with Gasteiger partial charge in [0.05, 0.1) is 43.7 Å². The molecule has 0 radical (unpaired) electrons. The van der Waals surface area contributed by atoms with Crippen molar-refractivity contribution in [1.29, 1.82) is 0 Å². The lowest BCUT2D eigenvalue weighted by Gasteiger charge is -2.27. The van der Waals surface area contributed by atoms with E-state index in [1.807, 2.05) is 25.7 Å². The molecule has 0 heterocycles. The number of nitrogens with zero attached hydrogens (tertiary/aromatic N) is 1. The molecule has 0 fully saturated rings. The van der Waals surface area contributed by atoms with E-state index in [1.54, 1.807) is 0 Å². The van der Waals surface area contributed by atoms with Gasteiger partial charge < -0.3 is 79.6 Å². The predicted octanol–water partition coefficient (Wildman–Crippen LogP) is -4.81. The third-order valence-electron chi connectivity index (χ3n) is 6.29. The zero-order chi connectivity index (χ0) is 34.9. The molecule has 0 saturated heterocycles. The molecule has 278 valence electrons. The van der Waals surface area contributed by atoms with Crippen molar-refractivity contribution in [3.63, 3.8) is 0 Å². The van der Waals surface area contributed by atoms with E-state index in [0.717, 1.165) is 39.3 Å². The van der Waals surface area contributed by atoms with Crippen molar-refractivity contribution in [2.75, 3.05) is 105 Å².